The lowest BCUT2D eigenvalue weighted by molar-refractivity contribution is -0.0461. The highest BCUT2D eigenvalue weighted by atomic mass is 32.2. The lowest BCUT2D eigenvalue weighted by Gasteiger charge is -2.35. The van der Waals surface area contributed by atoms with E-state index >= 15 is 0 Å². The molecule has 3 heterocycles. The monoisotopic (exact) mass is 423 g/mol. The Kier molecular flexibility index (Phi) is 6.21. The van der Waals surface area contributed by atoms with E-state index in [1.165, 1.54) is 23.2 Å². The number of carbonyl (C=O) groups is 1. The van der Waals surface area contributed by atoms with Gasteiger partial charge in [0.2, 0.25) is 10.0 Å². The molecule has 3 aliphatic heterocycles. The standard InChI is InChI=1S/C20H29N3O5S/c1-15-4-5-18(29(25,26)23-7-9-27-10-8-23)11-19(15)20(24)21-12-17-13-22-6-2-3-16(22)14-28-17/h4-5,11,16-17H,2-3,6-10,12-14H2,1H3,(H,21,24)/t16-,17-/m0/s1. The van der Waals surface area contributed by atoms with E-state index in [4.69, 9.17) is 9.47 Å². The first kappa shape index (κ1) is 20.7. The van der Waals surface area contributed by atoms with Crippen molar-refractivity contribution in [3.8, 4) is 0 Å². The molecule has 29 heavy (non-hydrogen) atoms. The largest absolute Gasteiger partial charge is 0.379 e. The fourth-order valence-corrected chi connectivity index (χ4v) is 5.69. The molecule has 3 saturated heterocycles. The highest BCUT2D eigenvalue weighted by Gasteiger charge is 2.32. The number of benzene rings is 1. The average molecular weight is 424 g/mol. The lowest BCUT2D eigenvalue weighted by atomic mass is 10.1. The number of ether oxygens (including phenoxy) is 2. The summed E-state index contributed by atoms with van der Waals surface area (Å²) in [6.07, 6.45) is 2.35. The Morgan fingerprint density at radius 3 is 2.83 bits per heavy atom. The second kappa shape index (κ2) is 8.69. The molecule has 3 aliphatic rings. The number of hydrogen-bond acceptors (Lipinski definition) is 6. The Bertz CT molecular complexity index is 854. The second-order valence-corrected chi connectivity index (χ2v) is 9.89. The number of carbonyl (C=O) groups excluding carboxylic acids is 1. The molecule has 0 radical (unpaired) electrons. The molecule has 0 saturated carbocycles. The zero-order chi connectivity index (χ0) is 20.4. The van der Waals surface area contributed by atoms with Crippen LogP contribution in [0.25, 0.3) is 0 Å². The highest BCUT2D eigenvalue weighted by molar-refractivity contribution is 7.89. The van der Waals surface area contributed by atoms with Gasteiger partial charge in [0.15, 0.2) is 0 Å². The quantitative estimate of drug-likeness (QED) is 0.747. The van der Waals surface area contributed by atoms with Crippen LogP contribution in [-0.2, 0) is 19.5 Å². The van der Waals surface area contributed by atoms with Gasteiger partial charge in [0.25, 0.3) is 5.91 Å². The van der Waals surface area contributed by atoms with Crippen molar-refractivity contribution in [1.82, 2.24) is 14.5 Å². The van der Waals surface area contributed by atoms with Gasteiger partial charge in [-0.05, 0) is 44.0 Å². The van der Waals surface area contributed by atoms with Crippen LogP contribution in [-0.4, -0.2) is 88.2 Å². The van der Waals surface area contributed by atoms with Crippen molar-refractivity contribution >= 4 is 15.9 Å². The van der Waals surface area contributed by atoms with Gasteiger partial charge in [-0.3, -0.25) is 9.69 Å². The molecule has 1 aromatic carbocycles. The second-order valence-electron chi connectivity index (χ2n) is 7.95. The molecule has 0 unspecified atom stereocenters. The Hall–Kier alpha value is -1.52. The SMILES string of the molecule is Cc1ccc(S(=O)(=O)N2CCOCC2)cc1C(=O)NC[C@H]1CN2CCC[C@H]2CO1. The van der Waals surface area contributed by atoms with E-state index in [9.17, 15) is 13.2 Å². The van der Waals surface area contributed by atoms with Crippen LogP contribution in [0.3, 0.4) is 0 Å². The van der Waals surface area contributed by atoms with E-state index < -0.39 is 10.0 Å². The van der Waals surface area contributed by atoms with Crippen molar-refractivity contribution in [3.05, 3.63) is 29.3 Å². The Labute approximate surface area is 172 Å². The predicted octanol–water partition coefficient (Wildman–Crippen LogP) is 0.609. The molecule has 2 atom stereocenters. The maximum atomic E-state index is 12.9. The first-order valence-electron chi connectivity index (χ1n) is 10.3. The smallest absolute Gasteiger partial charge is 0.251 e. The fraction of sp³-hybridized carbons (Fsp3) is 0.650. The summed E-state index contributed by atoms with van der Waals surface area (Å²) in [5, 5.41) is 2.93. The minimum atomic E-state index is -3.64. The number of morpholine rings is 2. The molecule has 1 aromatic rings. The zero-order valence-electron chi connectivity index (χ0n) is 16.8. The third-order valence-corrected chi connectivity index (χ3v) is 7.91. The van der Waals surface area contributed by atoms with Gasteiger partial charge in [0.1, 0.15) is 0 Å². The van der Waals surface area contributed by atoms with Gasteiger partial charge in [-0.2, -0.15) is 4.31 Å². The molecule has 3 fully saturated rings. The number of nitrogens with one attached hydrogen (secondary N) is 1. The molecule has 0 bridgehead atoms. The van der Waals surface area contributed by atoms with E-state index in [2.05, 4.69) is 10.2 Å². The fourth-order valence-electron chi connectivity index (χ4n) is 4.25. The minimum Gasteiger partial charge on any atom is -0.379 e. The summed E-state index contributed by atoms with van der Waals surface area (Å²) in [7, 11) is -3.64. The Balaban J connectivity index is 1.42. The Morgan fingerprint density at radius 1 is 1.24 bits per heavy atom. The first-order chi connectivity index (χ1) is 13.9. The van der Waals surface area contributed by atoms with Crippen molar-refractivity contribution < 1.29 is 22.7 Å². The normalized spacial score (nSPS) is 26.2. The number of aryl methyl sites for hydroxylation is 1. The topological polar surface area (TPSA) is 88.2 Å². The Morgan fingerprint density at radius 2 is 2.03 bits per heavy atom. The molecule has 9 heteroatoms. The third kappa shape index (κ3) is 4.49. The minimum absolute atomic E-state index is 0.0335. The molecule has 160 valence electrons. The van der Waals surface area contributed by atoms with Crippen LogP contribution in [0.1, 0.15) is 28.8 Å². The van der Waals surface area contributed by atoms with E-state index in [1.54, 1.807) is 12.1 Å². The van der Waals surface area contributed by atoms with Gasteiger partial charge < -0.3 is 14.8 Å². The van der Waals surface area contributed by atoms with Crippen LogP contribution in [0.15, 0.2) is 23.1 Å². The molecule has 0 aliphatic carbocycles. The summed E-state index contributed by atoms with van der Waals surface area (Å²) in [5.41, 5.74) is 1.13. The molecule has 1 amide bonds. The van der Waals surface area contributed by atoms with Gasteiger partial charge in [-0.15, -0.1) is 0 Å². The molecule has 1 N–H and O–H groups in total. The third-order valence-electron chi connectivity index (χ3n) is 6.01. The van der Waals surface area contributed by atoms with Gasteiger partial charge >= 0.3 is 0 Å². The molecular formula is C20H29N3O5S. The highest BCUT2D eigenvalue weighted by Crippen LogP contribution is 2.23. The maximum absolute atomic E-state index is 12.9. The molecule has 8 nitrogen and oxygen atoms in total. The van der Waals surface area contributed by atoms with Crippen LogP contribution >= 0.6 is 0 Å². The number of rotatable bonds is 5. The van der Waals surface area contributed by atoms with Gasteiger partial charge in [-0.1, -0.05) is 6.07 Å². The van der Waals surface area contributed by atoms with Gasteiger partial charge in [-0.25, -0.2) is 8.42 Å². The summed E-state index contributed by atoms with van der Waals surface area (Å²) >= 11 is 0. The van der Waals surface area contributed by atoms with Crippen LogP contribution < -0.4 is 5.32 Å². The number of hydrogen-bond donors (Lipinski definition) is 1. The summed E-state index contributed by atoms with van der Waals surface area (Å²) in [6, 6.07) is 5.25. The number of nitrogens with zero attached hydrogens (tertiary/aromatic N) is 2. The van der Waals surface area contributed by atoms with E-state index in [0.717, 1.165) is 18.7 Å². The zero-order valence-corrected chi connectivity index (χ0v) is 17.6. The number of amides is 1. The summed E-state index contributed by atoms with van der Waals surface area (Å²) in [6.45, 7) is 6.30. The van der Waals surface area contributed by atoms with Crippen molar-refractivity contribution in [1.29, 1.82) is 0 Å². The first-order valence-corrected chi connectivity index (χ1v) is 11.7. The summed E-state index contributed by atoms with van der Waals surface area (Å²) in [5.74, 6) is -0.270. The van der Waals surface area contributed by atoms with Crippen molar-refractivity contribution in [2.24, 2.45) is 0 Å². The lowest BCUT2D eigenvalue weighted by Crippen LogP contribution is -2.50. The van der Waals surface area contributed by atoms with Crippen molar-refractivity contribution in [2.75, 3.05) is 52.5 Å². The van der Waals surface area contributed by atoms with E-state index in [0.29, 0.717) is 51.1 Å². The van der Waals surface area contributed by atoms with Crippen molar-refractivity contribution in [3.63, 3.8) is 0 Å². The summed E-state index contributed by atoms with van der Waals surface area (Å²) < 4.78 is 38.3. The number of sulfonamides is 1. The van der Waals surface area contributed by atoms with Gasteiger partial charge in [0.05, 0.1) is 30.8 Å². The van der Waals surface area contributed by atoms with Crippen LogP contribution in [0.2, 0.25) is 0 Å². The van der Waals surface area contributed by atoms with Crippen LogP contribution in [0.4, 0.5) is 0 Å². The number of fused-ring (bicyclic) bond motifs is 1. The van der Waals surface area contributed by atoms with Crippen LogP contribution in [0.5, 0.6) is 0 Å². The summed E-state index contributed by atoms with van der Waals surface area (Å²) in [4.78, 5) is 15.4. The van der Waals surface area contributed by atoms with E-state index in [-0.39, 0.29) is 16.9 Å². The molecule has 4 rings (SSSR count). The van der Waals surface area contributed by atoms with E-state index in [1.807, 2.05) is 6.92 Å². The molecule has 0 aromatic heterocycles. The maximum Gasteiger partial charge on any atom is 0.251 e. The predicted molar refractivity (Wildman–Crippen MR) is 107 cm³/mol. The van der Waals surface area contributed by atoms with Gasteiger partial charge in [0, 0.05) is 37.8 Å². The average Bonchev–Trinajstić information content (AvgIpc) is 3.20. The van der Waals surface area contributed by atoms with Crippen molar-refractivity contribution in [2.45, 2.75) is 36.8 Å². The molecule has 0 spiro atoms. The van der Waals surface area contributed by atoms with Crippen LogP contribution in [0, 0.1) is 6.92 Å². The molecular weight excluding hydrogens is 394 g/mol.